The molecule has 0 spiro atoms. The van der Waals surface area contributed by atoms with Crippen LogP contribution in [0.25, 0.3) is 22.0 Å². The molecule has 1 aromatic heterocycles. The standard InChI is InChI=1S/C99H139N23O20S/c1-13-55(8)81-95(140)121-82(58(11)123)96(141)118-77(93(138)108-56(9)83(100)128)50-143-51-78(125)109-72(44-59-24-16-14-17-25-59)87(132)114-73(46-61-34-38-65(124)39-35-61)89(134)116-76(48-79(126)127)90(135)115-75(47-64-49-107-67-29-21-20-28-66(64)67)92(137)119-80(54(6)7)94(139)117-74(45-60-32-36-63(37-33-60)62-26-18-15-19-27-62)88(133)111-69(31-23-41-106-99(103)104)97(142)122(12)57(10)84(129)112-70(42-52(2)3)86(131)110-68(30-22-40-105-98(101)102)85(130)113-71(43-53(4)5)91(136)120-81/h14-21,24-29,32-39,49,52-58,68-77,80-82,107,123-124H,13,22-23,30-31,40-48,50-51H2,1-12H3,(H2,100,128)(H,108,138)(H,109,125)(H,110,131)(H,111,133)(H,112,129)(H,113,130)(H,114,132)(H,115,135)(H,116,134)(H,117,139)(H,118,141)(H,119,137)(H,120,136)(H,121,140)(H,126,127)(H4,101,102,105)(H4,103,104,106)/t55-,56-,57-,58+,68-,69-,70+,71-,72-,73-,74-,75-,76-,77-,80-,81-,82-/m0/s1. The zero-order chi connectivity index (χ0) is 106. The summed E-state index contributed by atoms with van der Waals surface area (Å²) in [5.41, 5.74) is 20.7. The van der Waals surface area contributed by atoms with Crippen molar-refractivity contribution in [1.82, 2.24) is 95.0 Å². The number of carboxylic acid groups (broad SMARTS) is 1. The SMILES string of the molecule is CC[C@H](C)[C@@H]1NC(=O)[C@H](CC(C)C)NC(=O)[C@H](CCCNC(=N)N)NC(=O)[C@@H](CC(C)C)NC(=O)[C@H](C)N(C)C(=O)[C@H](CCCNC(=N)N)NC(=O)[C@H](Cc2ccc(-c3ccccc3)cc2)NC(=O)[C@H](C(C)C)NC(=O)[C@H](Cc2c[nH]c3ccccc23)NC(=O)[C@H](CC(=O)O)NC(=O)[C@H](Cc2ccc(O)cc2)NC(=O)[C@H](Cc2ccccc2)NC(=O)CSC[C@@H](C(=O)N[C@@H](C)C(N)=O)NC(=O)[C@H]([C@@H](C)O)NC1=O. The first-order valence-electron chi connectivity index (χ1n) is 47.7. The third-order valence-electron chi connectivity index (χ3n) is 24.1. The highest BCUT2D eigenvalue weighted by atomic mass is 32.2. The highest BCUT2D eigenvalue weighted by Gasteiger charge is 2.42. The Kier molecular flexibility index (Phi) is 45.7. The summed E-state index contributed by atoms with van der Waals surface area (Å²) in [6.45, 7) is 17.1. The molecule has 1 aliphatic rings. The maximum absolute atomic E-state index is 15.5. The summed E-state index contributed by atoms with van der Waals surface area (Å²) in [5, 5.41) is 90.8. The van der Waals surface area contributed by atoms with Crippen LogP contribution in [0.1, 0.15) is 150 Å². The van der Waals surface area contributed by atoms with E-state index in [0.717, 1.165) is 23.0 Å². The van der Waals surface area contributed by atoms with Gasteiger partial charge < -0.3 is 127 Å². The number of thioether (sulfide) groups is 1. The van der Waals surface area contributed by atoms with Gasteiger partial charge in [-0.1, -0.05) is 177 Å². The van der Waals surface area contributed by atoms with E-state index >= 15 is 33.6 Å². The average Bonchev–Trinajstić information content (AvgIpc) is 1.38. The number of guanidine groups is 2. The fourth-order valence-electron chi connectivity index (χ4n) is 15.7. The lowest BCUT2D eigenvalue weighted by molar-refractivity contribution is -0.143. The van der Waals surface area contributed by atoms with Crippen LogP contribution in [0.5, 0.6) is 5.75 Å². The minimum atomic E-state index is -2.08. The molecule has 1 aliphatic heterocycles. The number of nitrogens with one attached hydrogen (secondary N) is 19. The van der Waals surface area contributed by atoms with Gasteiger partial charge >= 0.3 is 5.97 Å². The maximum Gasteiger partial charge on any atom is 0.305 e. The Morgan fingerprint density at radius 2 is 0.881 bits per heavy atom. The lowest BCUT2D eigenvalue weighted by Gasteiger charge is -2.32. The van der Waals surface area contributed by atoms with Gasteiger partial charge in [0.05, 0.1) is 18.3 Å². The Morgan fingerprint density at radius 1 is 0.469 bits per heavy atom. The Balaban J connectivity index is 1.36. The molecule has 43 nitrogen and oxygen atoms in total. The molecular weight excluding hydrogens is 1860 g/mol. The molecule has 0 radical (unpaired) electrons. The van der Waals surface area contributed by atoms with E-state index in [2.05, 4.69) is 90.1 Å². The molecule has 28 N–H and O–H groups in total. The molecule has 0 aliphatic carbocycles. The molecule has 2 heterocycles. The summed E-state index contributed by atoms with van der Waals surface area (Å²) in [4.78, 5) is 255. The van der Waals surface area contributed by atoms with Gasteiger partial charge in [0.15, 0.2) is 11.9 Å². The van der Waals surface area contributed by atoms with Gasteiger partial charge in [0.2, 0.25) is 94.5 Å². The number of amides is 16. The van der Waals surface area contributed by atoms with Crippen molar-refractivity contribution in [2.24, 2.45) is 40.9 Å². The van der Waals surface area contributed by atoms with Crippen LogP contribution in [0.15, 0.2) is 140 Å². The van der Waals surface area contributed by atoms with E-state index in [9.17, 15) is 63.3 Å². The molecule has 1 saturated heterocycles. The van der Waals surface area contributed by atoms with Gasteiger partial charge in [-0.2, -0.15) is 0 Å². The fourth-order valence-corrected chi connectivity index (χ4v) is 16.5. The zero-order valence-corrected chi connectivity index (χ0v) is 83.3. The van der Waals surface area contributed by atoms with Crippen molar-refractivity contribution < 1.29 is 96.8 Å². The van der Waals surface area contributed by atoms with Crippen LogP contribution < -0.4 is 102 Å². The number of aromatic nitrogens is 1. The molecule has 1 fully saturated rings. The van der Waals surface area contributed by atoms with Gasteiger partial charge in [-0.3, -0.25) is 92.3 Å². The van der Waals surface area contributed by atoms with Crippen LogP contribution >= 0.6 is 11.8 Å². The number of rotatable bonds is 30. The number of carboxylic acids is 1. The molecule has 0 bridgehead atoms. The molecule has 0 saturated carbocycles. The van der Waals surface area contributed by atoms with E-state index in [1.807, 2.05) is 30.3 Å². The van der Waals surface area contributed by atoms with E-state index < -0.39 is 245 Å². The summed E-state index contributed by atoms with van der Waals surface area (Å²) in [5.74, 6) is -22.3. The number of likely N-dealkylation sites (N-methyl/N-ethyl adjacent to an activating group) is 1. The van der Waals surface area contributed by atoms with Crippen LogP contribution in [0, 0.1) is 34.5 Å². The van der Waals surface area contributed by atoms with Crippen molar-refractivity contribution in [3.05, 3.63) is 162 Å². The molecule has 6 aromatic rings. The average molecular weight is 2000 g/mol. The molecule has 7 rings (SSSR count). The molecule has 776 valence electrons. The molecule has 5 aromatic carbocycles. The number of carbonyl (C=O) groups is 17. The summed E-state index contributed by atoms with van der Waals surface area (Å²) in [6, 6.07) is 12.4. The number of hydrogen-bond acceptors (Lipinski definition) is 22. The Hall–Kier alpha value is -14.7. The number of nitrogens with zero attached hydrogens (tertiary/aromatic N) is 1. The van der Waals surface area contributed by atoms with Gasteiger partial charge in [0.25, 0.3) is 0 Å². The summed E-state index contributed by atoms with van der Waals surface area (Å²) < 4.78 is 0. The van der Waals surface area contributed by atoms with Gasteiger partial charge in [0.1, 0.15) is 96.4 Å². The molecule has 16 amide bonds. The van der Waals surface area contributed by atoms with Crippen molar-refractivity contribution in [2.45, 2.75) is 250 Å². The highest BCUT2D eigenvalue weighted by Crippen LogP contribution is 2.25. The number of hydrogen-bond donors (Lipinski definition) is 25. The number of nitrogens with two attached hydrogens (primary N) is 3. The van der Waals surface area contributed by atoms with Crippen molar-refractivity contribution in [3.63, 3.8) is 0 Å². The normalized spacial score (nSPS) is 23.1. The van der Waals surface area contributed by atoms with Crippen molar-refractivity contribution >= 4 is 135 Å². The number of aliphatic hydroxyl groups excluding tert-OH is 1. The van der Waals surface area contributed by atoms with E-state index in [0.29, 0.717) is 39.4 Å². The summed E-state index contributed by atoms with van der Waals surface area (Å²) >= 11 is 0.711. The first kappa shape index (κ1) is 115. The third-order valence-corrected chi connectivity index (χ3v) is 25.1. The van der Waals surface area contributed by atoms with Crippen molar-refractivity contribution in [1.29, 1.82) is 10.8 Å². The number of aliphatic hydroxyl groups is 1. The smallest absolute Gasteiger partial charge is 0.305 e. The Bertz CT molecular complexity index is 5400. The number of aromatic amines is 1. The van der Waals surface area contributed by atoms with Crippen LogP contribution in [0.4, 0.5) is 0 Å². The minimum absolute atomic E-state index is 0.00575. The van der Waals surface area contributed by atoms with Gasteiger partial charge in [0, 0.05) is 68.7 Å². The second-order valence-electron chi connectivity index (χ2n) is 37.0. The number of H-pyrrole nitrogens is 1. The molecular formula is C99H139N23O20S. The first-order valence-corrected chi connectivity index (χ1v) is 48.8. The van der Waals surface area contributed by atoms with E-state index in [-0.39, 0.29) is 100 Å². The lowest BCUT2D eigenvalue weighted by Crippen LogP contribution is -2.63. The summed E-state index contributed by atoms with van der Waals surface area (Å²) in [7, 11) is 1.27. The number of primary amides is 1. The summed E-state index contributed by atoms with van der Waals surface area (Å²) in [6.07, 6.45) is -2.99. The van der Waals surface area contributed by atoms with Crippen molar-refractivity contribution in [3.8, 4) is 16.9 Å². The van der Waals surface area contributed by atoms with Crippen LogP contribution in [-0.2, 0) is 107 Å². The van der Waals surface area contributed by atoms with Gasteiger partial charge in [-0.25, -0.2) is 0 Å². The number of phenolic OH excluding ortho intramolecular Hbond substituents is 1. The van der Waals surface area contributed by atoms with Crippen molar-refractivity contribution in [2.75, 3.05) is 31.6 Å². The Morgan fingerprint density at radius 3 is 1.41 bits per heavy atom. The number of aromatic hydroxyl groups is 1. The first-order chi connectivity index (χ1) is 67.7. The Labute approximate surface area is 834 Å². The number of fused-ring (bicyclic) bond motifs is 1. The number of benzene rings is 5. The predicted molar refractivity (Wildman–Crippen MR) is 536 cm³/mol. The number of aliphatic carboxylic acids is 1. The maximum atomic E-state index is 15.5. The van der Waals surface area contributed by atoms with E-state index in [1.165, 1.54) is 45.2 Å². The predicted octanol–water partition coefficient (Wildman–Crippen LogP) is -0.126. The highest BCUT2D eigenvalue weighted by molar-refractivity contribution is 8.00. The van der Waals surface area contributed by atoms with Crippen LogP contribution in [-0.4, -0.2) is 266 Å². The second kappa shape index (κ2) is 56.7. The molecule has 0 unspecified atom stereocenters. The fraction of sp³-hybridized carbons (Fsp3) is 0.485. The number of para-hydroxylation sites is 1. The quantitative estimate of drug-likeness (QED) is 0.0159. The molecule has 143 heavy (non-hydrogen) atoms. The number of phenols is 1. The minimum Gasteiger partial charge on any atom is -0.508 e. The second-order valence-corrected chi connectivity index (χ2v) is 38.0. The largest absolute Gasteiger partial charge is 0.508 e. The van der Waals surface area contributed by atoms with Crippen LogP contribution in [0.2, 0.25) is 0 Å². The number of carbonyl (C=O) groups excluding carboxylic acids is 16. The van der Waals surface area contributed by atoms with Gasteiger partial charge in [-0.15, -0.1) is 11.8 Å². The van der Waals surface area contributed by atoms with Crippen LogP contribution in [0.3, 0.4) is 0 Å². The third kappa shape index (κ3) is 37.3. The lowest BCUT2D eigenvalue weighted by atomic mass is 9.96. The molecule has 17 atom stereocenters. The zero-order valence-electron chi connectivity index (χ0n) is 82.5. The molecule has 44 heteroatoms. The van der Waals surface area contributed by atoms with E-state index in [4.69, 9.17) is 28.0 Å². The van der Waals surface area contributed by atoms with Gasteiger partial charge in [-0.05, 0) is 135 Å². The monoisotopic (exact) mass is 2000 g/mol. The van der Waals surface area contributed by atoms with E-state index in [1.54, 1.807) is 140 Å². The topological polar surface area (TPSA) is 688 Å².